The van der Waals surface area contributed by atoms with Crippen molar-refractivity contribution < 1.29 is 0 Å². The van der Waals surface area contributed by atoms with Gasteiger partial charge in [0.25, 0.3) is 0 Å². The molecular weight excluding hydrogens is 841 g/mol. The SMILES string of the molecule is C1CCC1.C1CCC1.C1CCC1.C1CCC1.C1CCC1.C1CCC1.C1CCC1.C1CCC1.CC1CC(C)C(C)(C)C(C)(C)C(C)(C)C(C)(C)C(C)(C)C(C)(C)C(C)(C)C(C)(C)C(C)(C)C(C)(C)C1(C)C. The van der Waals surface area contributed by atoms with Crippen LogP contribution in [0.2, 0.25) is 0 Å². The second-order valence-corrected chi connectivity index (χ2v) is 31.4. The van der Waals surface area contributed by atoms with Gasteiger partial charge in [0.1, 0.15) is 0 Å². The minimum Gasteiger partial charge on any atom is -0.0620 e. The molecule has 0 radical (unpaired) electrons. The molecule has 9 fully saturated rings. The molecule has 0 N–H and O–H groups in total. The van der Waals surface area contributed by atoms with E-state index in [1.54, 1.807) is 0 Å². The van der Waals surface area contributed by atoms with E-state index in [9.17, 15) is 0 Å². The number of rotatable bonds is 0. The van der Waals surface area contributed by atoms with Gasteiger partial charge in [0.15, 0.2) is 0 Å². The monoisotopic (exact) mass is 981 g/mol. The van der Waals surface area contributed by atoms with E-state index in [2.05, 4.69) is 166 Å². The fourth-order valence-electron chi connectivity index (χ4n) is 11.4. The first-order valence-electron chi connectivity index (χ1n) is 32.0. The van der Waals surface area contributed by atoms with Crippen LogP contribution in [-0.2, 0) is 0 Å². The van der Waals surface area contributed by atoms with Gasteiger partial charge < -0.3 is 0 Å². The quantitative estimate of drug-likeness (QED) is 0.227. The van der Waals surface area contributed by atoms with Crippen molar-refractivity contribution in [1.82, 2.24) is 0 Å². The van der Waals surface area contributed by atoms with Gasteiger partial charge in [0.2, 0.25) is 0 Å². The van der Waals surface area contributed by atoms with Crippen LogP contribution < -0.4 is 0 Å². The van der Waals surface area contributed by atoms with Crippen LogP contribution in [0.5, 0.6) is 0 Å². The Kier molecular flexibility index (Phi) is 28.1. The van der Waals surface area contributed by atoms with Crippen molar-refractivity contribution in [2.45, 2.75) is 378 Å². The molecule has 2 unspecified atom stereocenters. The third kappa shape index (κ3) is 16.0. The summed E-state index contributed by atoms with van der Waals surface area (Å²) in [6.45, 7) is 62.3. The Morgan fingerprint density at radius 2 is 0.243 bits per heavy atom. The molecule has 0 aromatic heterocycles. The Morgan fingerprint density at radius 1 is 0.157 bits per heavy atom. The highest BCUT2D eigenvalue weighted by Crippen LogP contribution is 2.76. The Morgan fingerprint density at radius 3 is 0.329 bits per heavy atom. The third-order valence-corrected chi connectivity index (χ3v) is 26.9. The summed E-state index contributed by atoms with van der Waals surface area (Å²) in [5.74, 6) is 1.23. The van der Waals surface area contributed by atoms with Crippen LogP contribution in [0.25, 0.3) is 0 Å². The smallest absolute Gasteiger partial charge is 0.0241 e. The summed E-state index contributed by atoms with van der Waals surface area (Å²) >= 11 is 0. The summed E-state index contributed by atoms with van der Waals surface area (Å²) in [4.78, 5) is 0. The molecule has 0 heteroatoms. The van der Waals surface area contributed by atoms with E-state index in [1.165, 1.54) is 212 Å². The summed E-state index contributed by atoms with van der Waals surface area (Å²) in [6, 6.07) is 0. The normalized spacial score (nSPS) is 30.5. The van der Waals surface area contributed by atoms with Crippen LogP contribution in [0.1, 0.15) is 378 Å². The van der Waals surface area contributed by atoms with Crippen molar-refractivity contribution in [1.29, 1.82) is 0 Å². The maximum atomic E-state index is 2.61. The molecule has 420 valence electrons. The zero-order valence-corrected chi connectivity index (χ0v) is 54.0. The molecule has 70 heavy (non-hydrogen) atoms. The lowest BCUT2D eigenvalue weighted by Gasteiger charge is -2.73. The predicted octanol–water partition coefficient (Wildman–Crippen LogP) is 25.4. The molecule has 0 aliphatic heterocycles. The Labute approximate surface area is 447 Å². The molecule has 0 aromatic rings. The van der Waals surface area contributed by atoms with Gasteiger partial charge in [-0.15, -0.1) is 0 Å². The highest BCUT2D eigenvalue weighted by molar-refractivity contribution is 5.17. The number of hydrogen-bond acceptors (Lipinski definition) is 0. The molecule has 0 nitrogen and oxygen atoms in total. The topological polar surface area (TPSA) is 0 Å². The van der Waals surface area contributed by atoms with Crippen molar-refractivity contribution in [3.63, 3.8) is 0 Å². The maximum Gasteiger partial charge on any atom is -0.0241 e. The first-order chi connectivity index (χ1) is 32.0. The molecule has 0 amide bonds. The molecule has 9 aliphatic rings. The number of hydrogen-bond donors (Lipinski definition) is 0. The average molecular weight is 982 g/mol. The van der Waals surface area contributed by atoms with Gasteiger partial charge in [0.05, 0.1) is 0 Å². The van der Waals surface area contributed by atoms with E-state index >= 15 is 0 Å². The minimum absolute atomic E-state index is 0.0589. The first kappa shape index (κ1) is 68.0. The van der Waals surface area contributed by atoms with Crippen molar-refractivity contribution in [2.75, 3.05) is 0 Å². The minimum atomic E-state index is 0.0589. The molecule has 9 aliphatic carbocycles. The van der Waals surface area contributed by atoms with E-state index in [0.717, 1.165) is 0 Å². The second-order valence-electron chi connectivity index (χ2n) is 31.4. The highest BCUT2D eigenvalue weighted by Gasteiger charge is 2.69. The molecule has 0 bridgehead atoms. The maximum absolute atomic E-state index is 2.61. The zero-order valence-electron chi connectivity index (χ0n) is 54.0. The van der Waals surface area contributed by atoms with Crippen LogP contribution in [0.15, 0.2) is 0 Å². The van der Waals surface area contributed by atoms with Gasteiger partial charge in [-0.05, 0) is 77.8 Å². The molecule has 0 spiro atoms. The highest BCUT2D eigenvalue weighted by atomic mass is 14.7. The van der Waals surface area contributed by atoms with E-state index in [0.29, 0.717) is 11.8 Å². The summed E-state index contributed by atoms with van der Waals surface area (Å²) in [5.41, 5.74) is 1.13. The molecule has 9 saturated carbocycles. The van der Waals surface area contributed by atoms with Gasteiger partial charge >= 0.3 is 0 Å². The summed E-state index contributed by atoms with van der Waals surface area (Å²) < 4.78 is 0. The van der Waals surface area contributed by atoms with E-state index in [4.69, 9.17) is 0 Å². The van der Waals surface area contributed by atoms with Gasteiger partial charge in [0, 0.05) is 0 Å². The Hall–Kier alpha value is 0. The predicted molar refractivity (Wildman–Crippen MR) is 322 cm³/mol. The lowest BCUT2D eigenvalue weighted by molar-refractivity contribution is -0.249. The van der Waals surface area contributed by atoms with Crippen molar-refractivity contribution >= 4 is 0 Å². The van der Waals surface area contributed by atoms with Gasteiger partial charge in [-0.3, -0.25) is 0 Å². The molecule has 0 saturated heterocycles. The first-order valence-corrected chi connectivity index (χ1v) is 32.0. The van der Waals surface area contributed by atoms with Crippen molar-refractivity contribution in [2.24, 2.45) is 71.4 Å². The summed E-state index contributed by atoms with van der Waals surface area (Å²) in [7, 11) is 0. The largest absolute Gasteiger partial charge is 0.0620 e. The molecule has 0 aromatic carbocycles. The van der Waals surface area contributed by atoms with Gasteiger partial charge in [-0.1, -0.05) is 372 Å². The Bertz CT molecular complexity index is 1140. The summed E-state index contributed by atoms with van der Waals surface area (Å²) in [5, 5.41) is 0. The van der Waals surface area contributed by atoms with Crippen LogP contribution in [-0.4, -0.2) is 0 Å². The van der Waals surface area contributed by atoms with Gasteiger partial charge in [-0.2, -0.15) is 0 Å². The molecule has 2 atom stereocenters. The zero-order chi connectivity index (χ0) is 54.0. The molecule has 9 rings (SSSR count). The average Bonchev–Trinajstić information content (AvgIpc) is 3.00. The molecular formula is C70H140. The standard InChI is InChI=1S/C38H76.8C4H8/c1-26-25-27(2)29(5,6)31(9,10)33(13,14)35(17,18)37(21,22)38(23,24)36(19,20)34(15,16)32(11,12)30(7,8)28(26,3)4;8*1-2-4-3-1/h26-27H,25H2,1-24H3;8*1-4H2. The lowest BCUT2D eigenvalue weighted by Crippen LogP contribution is -2.67. The molecule has 0 heterocycles. The van der Waals surface area contributed by atoms with Crippen LogP contribution in [0.4, 0.5) is 0 Å². The van der Waals surface area contributed by atoms with Crippen LogP contribution >= 0.6 is 0 Å². The van der Waals surface area contributed by atoms with E-state index in [1.807, 2.05) is 0 Å². The fraction of sp³-hybridized carbons (Fsp3) is 1.00. The Balaban J connectivity index is 0.000000585. The summed E-state index contributed by atoms with van der Waals surface area (Å²) in [6.07, 6.45) is 49.3. The van der Waals surface area contributed by atoms with E-state index in [-0.39, 0.29) is 59.6 Å². The third-order valence-electron chi connectivity index (χ3n) is 26.9. The van der Waals surface area contributed by atoms with Crippen molar-refractivity contribution in [3.8, 4) is 0 Å². The van der Waals surface area contributed by atoms with Crippen LogP contribution in [0, 0.1) is 71.4 Å². The van der Waals surface area contributed by atoms with E-state index < -0.39 is 0 Å². The second kappa shape index (κ2) is 28.9. The lowest BCUT2D eigenvalue weighted by atomic mass is 9.31. The van der Waals surface area contributed by atoms with Gasteiger partial charge in [-0.25, -0.2) is 0 Å². The van der Waals surface area contributed by atoms with Crippen molar-refractivity contribution in [3.05, 3.63) is 0 Å². The fourth-order valence-corrected chi connectivity index (χ4v) is 11.4. The van der Waals surface area contributed by atoms with Crippen LogP contribution in [0.3, 0.4) is 0 Å².